The number of nitrogens with zero attached hydrogens (tertiary/aromatic N) is 1. The summed E-state index contributed by atoms with van der Waals surface area (Å²) < 4.78 is 10.9. The lowest BCUT2D eigenvalue weighted by molar-refractivity contribution is -0.140. The van der Waals surface area contributed by atoms with Gasteiger partial charge < -0.3 is 19.2 Å². The zero-order valence-corrected chi connectivity index (χ0v) is 16.8. The van der Waals surface area contributed by atoms with E-state index in [2.05, 4.69) is 0 Å². The van der Waals surface area contributed by atoms with Crippen molar-refractivity contribution in [3.05, 3.63) is 94.4 Å². The summed E-state index contributed by atoms with van der Waals surface area (Å²) in [6.45, 7) is 0.0621. The lowest BCUT2D eigenvalue weighted by Crippen LogP contribution is -2.29. The van der Waals surface area contributed by atoms with Crippen LogP contribution < -0.4 is 4.74 Å². The third-order valence-electron chi connectivity index (χ3n) is 4.98. The Balaban J connectivity index is 1.92. The summed E-state index contributed by atoms with van der Waals surface area (Å²) in [6.07, 6.45) is 1.50. The van der Waals surface area contributed by atoms with Gasteiger partial charge in [-0.1, -0.05) is 41.9 Å². The molecule has 152 valence electrons. The molecule has 1 N–H and O–H groups in total. The number of ether oxygens (including phenoxy) is 1. The molecule has 1 amide bonds. The third kappa shape index (κ3) is 3.46. The molecular weight excluding hydrogens is 406 g/mol. The van der Waals surface area contributed by atoms with Gasteiger partial charge in [0.05, 0.1) is 31.5 Å². The van der Waals surface area contributed by atoms with Crippen LogP contribution in [0.4, 0.5) is 0 Å². The van der Waals surface area contributed by atoms with Crippen LogP contribution in [0, 0.1) is 0 Å². The summed E-state index contributed by atoms with van der Waals surface area (Å²) >= 11 is 6.06. The number of Topliss-reactive ketones (excluding diaryl/α,β-unsaturated/α-hetero) is 1. The van der Waals surface area contributed by atoms with Crippen LogP contribution >= 0.6 is 11.6 Å². The quantitative estimate of drug-likeness (QED) is 0.369. The van der Waals surface area contributed by atoms with Crippen molar-refractivity contribution in [2.45, 2.75) is 12.6 Å². The first-order chi connectivity index (χ1) is 14.5. The highest BCUT2D eigenvalue weighted by Crippen LogP contribution is 2.43. The second-order valence-electron chi connectivity index (χ2n) is 6.76. The number of aliphatic hydroxyl groups is 1. The highest BCUT2D eigenvalue weighted by molar-refractivity contribution is 6.46. The molecule has 2 aromatic carbocycles. The Hall–Kier alpha value is -3.51. The topological polar surface area (TPSA) is 80.0 Å². The molecule has 1 fully saturated rings. The molecule has 3 aromatic rings. The van der Waals surface area contributed by atoms with Crippen molar-refractivity contribution in [2.75, 3.05) is 7.11 Å². The average Bonchev–Trinajstić information content (AvgIpc) is 3.35. The van der Waals surface area contributed by atoms with Crippen LogP contribution in [0.2, 0.25) is 5.02 Å². The van der Waals surface area contributed by atoms with Crippen molar-refractivity contribution in [1.82, 2.24) is 4.90 Å². The highest BCUT2D eigenvalue weighted by atomic mass is 35.5. The van der Waals surface area contributed by atoms with Gasteiger partial charge in [0.25, 0.3) is 11.7 Å². The van der Waals surface area contributed by atoms with E-state index in [1.165, 1.54) is 24.3 Å². The van der Waals surface area contributed by atoms with E-state index in [1.807, 2.05) is 0 Å². The lowest BCUT2D eigenvalue weighted by Gasteiger charge is -2.25. The van der Waals surface area contributed by atoms with Crippen LogP contribution in [0.3, 0.4) is 0 Å². The molecule has 30 heavy (non-hydrogen) atoms. The van der Waals surface area contributed by atoms with Crippen molar-refractivity contribution in [3.63, 3.8) is 0 Å². The van der Waals surface area contributed by atoms with Crippen LogP contribution in [-0.4, -0.2) is 28.8 Å². The van der Waals surface area contributed by atoms with Gasteiger partial charge in [-0.05, 0) is 30.3 Å². The van der Waals surface area contributed by atoms with Gasteiger partial charge in [0.2, 0.25) is 0 Å². The SMILES string of the molecule is COc1ccccc1C1/C(=C(/O)c2cccc(Cl)c2)C(=O)C(=O)N1Cc1ccco1. The number of aliphatic hydroxyl groups excluding tert-OH is 1. The number of likely N-dealkylation sites (tertiary alicyclic amines) is 1. The predicted molar refractivity (Wildman–Crippen MR) is 111 cm³/mol. The zero-order chi connectivity index (χ0) is 21.3. The first kappa shape index (κ1) is 19.8. The summed E-state index contributed by atoms with van der Waals surface area (Å²) in [7, 11) is 1.51. The van der Waals surface area contributed by atoms with Gasteiger partial charge >= 0.3 is 0 Å². The number of para-hydroxylation sites is 1. The fourth-order valence-electron chi connectivity index (χ4n) is 3.62. The van der Waals surface area contributed by atoms with Crippen molar-refractivity contribution in [3.8, 4) is 5.75 Å². The van der Waals surface area contributed by atoms with E-state index in [0.29, 0.717) is 27.7 Å². The molecule has 1 aliphatic rings. The van der Waals surface area contributed by atoms with Gasteiger partial charge in [-0.25, -0.2) is 0 Å². The van der Waals surface area contributed by atoms with Gasteiger partial charge in [0, 0.05) is 16.1 Å². The molecule has 1 unspecified atom stereocenters. The Morgan fingerprint density at radius 1 is 1.13 bits per heavy atom. The molecule has 0 saturated carbocycles. The third-order valence-corrected chi connectivity index (χ3v) is 5.21. The van der Waals surface area contributed by atoms with Gasteiger partial charge in [0.1, 0.15) is 17.3 Å². The first-order valence-corrected chi connectivity index (χ1v) is 9.58. The first-order valence-electron chi connectivity index (χ1n) is 9.21. The Morgan fingerprint density at radius 3 is 2.63 bits per heavy atom. The number of halogens is 1. The lowest BCUT2D eigenvalue weighted by atomic mass is 9.94. The van der Waals surface area contributed by atoms with E-state index in [9.17, 15) is 14.7 Å². The molecule has 0 aliphatic carbocycles. The molecule has 0 bridgehead atoms. The van der Waals surface area contributed by atoms with E-state index < -0.39 is 17.7 Å². The average molecular weight is 424 g/mol. The maximum atomic E-state index is 13.0. The number of rotatable bonds is 5. The van der Waals surface area contributed by atoms with Crippen LogP contribution in [0.1, 0.15) is 22.9 Å². The molecule has 0 spiro atoms. The minimum absolute atomic E-state index is 0.0293. The summed E-state index contributed by atoms with van der Waals surface area (Å²) in [6, 6.07) is 16.1. The van der Waals surface area contributed by atoms with Crippen LogP contribution in [0.5, 0.6) is 5.75 Å². The number of benzene rings is 2. The number of carbonyl (C=O) groups excluding carboxylic acids is 2. The maximum absolute atomic E-state index is 13.0. The highest BCUT2D eigenvalue weighted by Gasteiger charge is 2.47. The number of carbonyl (C=O) groups is 2. The molecule has 6 nitrogen and oxygen atoms in total. The van der Waals surface area contributed by atoms with Gasteiger partial charge in [0.15, 0.2) is 0 Å². The molecule has 1 saturated heterocycles. The Bertz CT molecular complexity index is 1140. The second kappa shape index (κ2) is 8.08. The number of ketones is 1. The minimum atomic E-state index is -0.856. The number of hydrogen-bond donors (Lipinski definition) is 1. The smallest absolute Gasteiger partial charge is 0.296 e. The molecular formula is C23H18ClNO5. The molecule has 0 radical (unpaired) electrons. The minimum Gasteiger partial charge on any atom is -0.507 e. The summed E-state index contributed by atoms with van der Waals surface area (Å²) in [5, 5.41) is 11.4. The van der Waals surface area contributed by atoms with E-state index in [1.54, 1.807) is 54.6 Å². The van der Waals surface area contributed by atoms with Crippen LogP contribution in [0.25, 0.3) is 5.76 Å². The molecule has 2 heterocycles. The number of hydrogen-bond acceptors (Lipinski definition) is 5. The van der Waals surface area contributed by atoms with E-state index in [0.717, 1.165) is 0 Å². The van der Waals surface area contributed by atoms with Crippen molar-refractivity contribution in [2.24, 2.45) is 0 Å². The van der Waals surface area contributed by atoms with Crippen LogP contribution in [0.15, 0.2) is 76.9 Å². The molecule has 4 rings (SSSR count). The van der Waals surface area contributed by atoms with Gasteiger partial charge in [-0.3, -0.25) is 9.59 Å². The van der Waals surface area contributed by atoms with E-state index >= 15 is 0 Å². The Kier molecular flexibility index (Phi) is 5.33. The standard InChI is InChI=1S/C23H18ClNO5/c1-29-18-10-3-2-9-17(18)20-19(21(26)14-6-4-7-15(24)12-14)22(27)23(28)25(20)13-16-8-5-11-30-16/h2-12,20,26H,13H2,1H3/b21-19-. The van der Waals surface area contributed by atoms with Crippen LogP contribution in [-0.2, 0) is 16.1 Å². The molecule has 1 aliphatic heterocycles. The normalized spacial score (nSPS) is 18.1. The fourth-order valence-corrected chi connectivity index (χ4v) is 3.81. The molecule has 1 atom stereocenters. The Morgan fingerprint density at radius 2 is 1.93 bits per heavy atom. The van der Waals surface area contributed by atoms with Gasteiger partial charge in [-0.15, -0.1) is 0 Å². The van der Waals surface area contributed by atoms with Gasteiger partial charge in [-0.2, -0.15) is 0 Å². The largest absolute Gasteiger partial charge is 0.507 e. The fraction of sp³-hybridized carbons (Fsp3) is 0.130. The zero-order valence-electron chi connectivity index (χ0n) is 16.0. The monoisotopic (exact) mass is 423 g/mol. The van der Waals surface area contributed by atoms with E-state index in [4.69, 9.17) is 20.8 Å². The maximum Gasteiger partial charge on any atom is 0.296 e. The molecule has 7 heteroatoms. The predicted octanol–water partition coefficient (Wildman–Crippen LogP) is 4.56. The van der Waals surface area contributed by atoms with Crippen molar-refractivity contribution in [1.29, 1.82) is 0 Å². The second-order valence-corrected chi connectivity index (χ2v) is 7.20. The van der Waals surface area contributed by atoms with Crippen molar-refractivity contribution >= 4 is 29.1 Å². The number of amides is 1. The number of furan rings is 1. The summed E-state index contributed by atoms with van der Waals surface area (Å²) in [5.41, 5.74) is 0.894. The number of methoxy groups -OCH3 is 1. The molecule has 1 aromatic heterocycles. The van der Waals surface area contributed by atoms with E-state index in [-0.39, 0.29) is 17.9 Å². The summed E-state index contributed by atoms with van der Waals surface area (Å²) in [5.74, 6) is -0.806. The summed E-state index contributed by atoms with van der Waals surface area (Å²) in [4.78, 5) is 27.3. The Labute approximate surface area is 177 Å². The van der Waals surface area contributed by atoms with Crippen molar-refractivity contribution < 1.29 is 23.8 Å².